The largest absolute Gasteiger partial charge is 0.465 e. The lowest BCUT2D eigenvalue weighted by Crippen LogP contribution is -2.30. The number of anilines is 1. The van der Waals surface area contributed by atoms with Crippen molar-refractivity contribution in [1.29, 1.82) is 0 Å². The van der Waals surface area contributed by atoms with Crippen LogP contribution in [0.15, 0.2) is 48.9 Å². The zero-order valence-corrected chi connectivity index (χ0v) is 17.9. The number of nitrogens with zero attached hydrogens (tertiary/aromatic N) is 4. The summed E-state index contributed by atoms with van der Waals surface area (Å²) in [5, 5.41) is 7.38. The van der Waals surface area contributed by atoms with Crippen LogP contribution >= 0.6 is 0 Å². The molecule has 1 N–H and O–H groups in total. The Morgan fingerprint density at radius 1 is 0.971 bits per heavy atom. The Balaban J connectivity index is 1.70. The molecule has 0 saturated heterocycles. The number of methoxy groups -OCH3 is 2. The second-order valence-electron chi connectivity index (χ2n) is 7.28. The first-order valence-electron chi connectivity index (χ1n) is 9.92. The van der Waals surface area contributed by atoms with E-state index in [4.69, 9.17) is 9.47 Å². The monoisotopic (exact) mass is 457 g/mol. The van der Waals surface area contributed by atoms with Crippen molar-refractivity contribution in [2.75, 3.05) is 19.1 Å². The van der Waals surface area contributed by atoms with E-state index in [1.165, 1.54) is 38.6 Å². The number of aromatic amines is 1. The van der Waals surface area contributed by atoms with Gasteiger partial charge in [-0.15, -0.1) is 0 Å². The Labute approximate surface area is 191 Å². The zero-order valence-electron chi connectivity index (χ0n) is 17.9. The molecular formula is C23H15N5O6. The van der Waals surface area contributed by atoms with Crippen molar-refractivity contribution in [3.63, 3.8) is 0 Å². The highest BCUT2D eigenvalue weighted by Gasteiger charge is 2.40. The SMILES string of the molecule is COC(=O)c1cc(C(=O)OC)cc(N2C(=O)c3cnc4n[nH]c(-c5cccnc5)c4c3C2=O)c1. The lowest BCUT2D eigenvalue weighted by molar-refractivity contribution is 0.0598. The lowest BCUT2D eigenvalue weighted by Gasteiger charge is -2.16. The van der Waals surface area contributed by atoms with E-state index in [1.54, 1.807) is 24.5 Å². The van der Waals surface area contributed by atoms with Crippen LogP contribution in [0.5, 0.6) is 0 Å². The Kier molecular flexibility index (Phi) is 4.86. The summed E-state index contributed by atoms with van der Waals surface area (Å²) in [6.07, 6.45) is 4.47. The number of esters is 2. The van der Waals surface area contributed by atoms with Crippen molar-refractivity contribution in [2.45, 2.75) is 0 Å². The van der Waals surface area contributed by atoms with Crippen LogP contribution in [0.2, 0.25) is 0 Å². The van der Waals surface area contributed by atoms with Gasteiger partial charge in [-0.05, 0) is 30.3 Å². The standard InChI is InChI=1S/C23H15N5O6/c1-33-22(31)12-6-13(23(32)34-2)8-14(7-12)28-20(29)15-10-25-19-17(16(15)21(28)30)18(26-27-19)11-4-3-5-24-9-11/h3-10H,1-2H3,(H,25,26,27). The molecule has 5 rings (SSSR count). The first kappa shape index (κ1) is 20.9. The van der Waals surface area contributed by atoms with E-state index in [2.05, 4.69) is 20.2 Å². The Hall–Kier alpha value is -4.93. The smallest absolute Gasteiger partial charge is 0.337 e. The van der Waals surface area contributed by atoms with E-state index in [0.29, 0.717) is 16.6 Å². The van der Waals surface area contributed by atoms with E-state index >= 15 is 0 Å². The van der Waals surface area contributed by atoms with Crippen LogP contribution in [0.1, 0.15) is 41.4 Å². The minimum Gasteiger partial charge on any atom is -0.465 e. The molecule has 1 aliphatic heterocycles. The maximum atomic E-state index is 13.6. The molecule has 11 nitrogen and oxygen atoms in total. The molecule has 2 amide bonds. The van der Waals surface area contributed by atoms with Gasteiger partial charge in [-0.2, -0.15) is 5.10 Å². The fourth-order valence-corrected chi connectivity index (χ4v) is 3.86. The second kappa shape index (κ2) is 7.89. The van der Waals surface area contributed by atoms with E-state index in [0.717, 1.165) is 4.90 Å². The molecule has 1 aromatic carbocycles. The van der Waals surface area contributed by atoms with Gasteiger partial charge in [0.25, 0.3) is 11.8 Å². The number of H-pyrrole nitrogens is 1. The maximum Gasteiger partial charge on any atom is 0.337 e. The normalized spacial score (nSPS) is 12.7. The number of hydrogen-bond donors (Lipinski definition) is 1. The van der Waals surface area contributed by atoms with E-state index < -0.39 is 23.8 Å². The van der Waals surface area contributed by atoms with E-state index in [-0.39, 0.29) is 33.6 Å². The van der Waals surface area contributed by atoms with Crippen molar-refractivity contribution in [3.05, 3.63) is 71.2 Å². The number of fused-ring (bicyclic) bond motifs is 3. The minimum absolute atomic E-state index is 0.00840. The van der Waals surface area contributed by atoms with Crippen LogP contribution in [0.25, 0.3) is 22.3 Å². The van der Waals surface area contributed by atoms with Crippen molar-refractivity contribution >= 4 is 40.5 Å². The van der Waals surface area contributed by atoms with Crippen LogP contribution in [-0.2, 0) is 9.47 Å². The first-order valence-corrected chi connectivity index (χ1v) is 9.92. The summed E-state index contributed by atoms with van der Waals surface area (Å²) in [5.74, 6) is -2.81. The Morgan fingerprint density at radius 2 is 1.68 bits per heavy atom. The molecule has 1 aliphatic rings. The summed E-state index contributed by atoms with van der Waals surface area (Å²) in [7, 11) is 2.35. The van der Waals surface area contributed by atoms with Gasteiger partial charge in [0.2, 0.25) is 0 Å². The van der Waals surface area contributed by atoms with Crippen LogP contribution in [-0.4, -0.2) is 58.1 Å². The third kappa shape index (κ3) is 3.10. The molecule has 0 fully saturated rings. The highest BCUT2D eigenvalue weighted by molar-refractivity contribution is 6.38. The summed E-state index contributed by atoms with van der Waals surface area (Å²) in [6, 6.07) is 7.35. The first-order chi connectivity index (χ1) is 16.4. The van der Waals surface area contributed by atoms with Gasteiger partial charge in [0.15, 0.2) is 5.65 Å². The summed E-state index contributed by atoms with van der Waals surface area (Å²) in [4.78, 5) is 60.4. The number of aromatic nitrogens is 4. The summed E-state index contributed by atoms with van der Waals surface area (Å²) in [5.41, 5.74) is 1.50. The summed E-state index contributed by atoms with van der Waals surface area (Å²) >= 11 is 0. The van der Waals surface area contributed by atoms with Gasteiger partial charge >= 0.3 is 11.9 Å². The second-order valence-corrected chi connectivity index (χ2v) is 7.28. The number of nitrogens with one attached hydrogen (secondary N) is 1. The molecule has 0 bridgehead atoms. The maximum absolute atomic E-state index is 13.6. The molecule has 4 aromatic rings. The predicted molar refractivity (Wildman–Crippen MR) is 117 cm³/mol. The van der Waals surface area contributed by atoms with Gasteiger partial charge in [0, 0.05) is 24.2 Å². The number of hydrogen-bond acceptors (Lipinski definition) is 9. The van der Waals surface area contributed by atoms with Crippen LogP contribution in [0, 0.1) is 0 Å². The lowest BCUT2D eigenvalue weighted by atomic mass is 10.0. The molecule has 4 heterocycles. The summed E-state index contributed by atoms with van der Waals surface area (Å²) < 4.78 is 9.48. The minimum atomic E-state index is -0.749. The van der Waals surface area contributed by atoms with Gasteiger partial charge in [0.05, 0.1) is 53.2 Å². The molecule has 0 radical (unpaired) electrons. The molecule has 0 saturated carbocycles. The molecule has 0 aliphatic carbocycles. The van der Waals surface area contributed by atoms with Crippen molar-refractivity contribution in [2.24, 2.45) is 0 Å². The van der Waals surface area contributed by atoms with Crippen molar-refractivity contribution in [3.8, 4) is 11.3 Å². The number of pyridine rings is 2. The number of rotatable bonds is 4. The number of carbonyl (C=O) groups is 4. The van der Waals surface area contributed by atoms with Gasteiger partial charge < -0.3 is 9.47 Å². The molecule has 0 unspecified atom stereocenters. The molecule has 3 aromatic heterocycles. The quantitative estimate of drug-likeness (QED) is 0.361. The van der Waals surface area contributed by atoms with Crippen molar-refractivity contribution < 1.29 is 28.7 Å². The molecule has 0 atom stereocenters. The van der Waals surface area contributed by atoms with E-state index in [9.17, 15) is 19.2 Å². The molecular weight excluding hydrogens is 442 g/mol. The van der Waals surface area contributed by atoms with Gasteiger partial charge in [-0.25, -0.2) is 19.5 Å². The number of carbonyl (C=O) groups excluding carboxylic acids is 4. The third-order valence-electron chi connectivity index (χ3n) is 5.40. The van der Waals surface area contributed by atoms with Gasteiger partial charge in [-0.3, -0.25) is 19.7 Å². The molecule has 34 heavy (non-hydrogen) atoms. The fraction of sp³-hybridized carbons (Fsp3) is 0.0870. The number of ether oxygens (including phenoxy) is 2. The van der Waals surface area contributed by atoms with Crippen LogP contribution in [0.3, 0.4) is 0 Å². The molecule has 0 spiro atoms. The highest BCUT2D eigenvalue weighted by atomic mass is 16.5. The molecule has 168 valence electrons. The van der Waals surface area contributed by atoms with Gasteiger partial charge in [-0.1, -0.05) is 0 Å². The zero-order chi connectivity index (χ0) is 24.0. The van der Waals surface area contributed by atoms with Gasteiger partial charge in [0.1, 0.15) is 0 Å². The Bertz CT molecular complexity index is 1480. The van der Waals surface area contributed by atoms with Crippen LogP contribution in [0.4, 0.5) is 5.69 Å². The Morgan fingerprint density at radius 3 is 2.29 bits per heavy atom. The fourth-order valence-electron chi connectivity index (χ4n) is 3.86. The molecule has 11 heteroatoms. The van der Waals surface area contributed by atoms with Crippen molar-refractivity contribution in [1.82, 2.24) is 20.2 Å². The number of imide groups is 1. The van der Waals surface area contributed by atoms with Crippen LogP contribution < -0.4 is 4.90 Å². The summed E-state index contributed by atoms with van der Waals surface area (Å²) in [6.45, 7) is 0. The van der Waals surface area contributed by atoms with E-state index in [1.807, 2.05) is 0 Å². The highest BCUT2D eigenvalue weighted by Crippen LogP contribution is 2.36. The number of amides is 2. The average molecular weight is 457 g/mol. The third-order valence-corrected chi connectivity index (χ3v) is 5.40. The topological polar surface area (TPSA) is 144 Å². The predicted octanol–water partition coefficient (Wildman–Crippen LogP) is 2.39. The number of benzene rings is 1. The average Bonchev–Trinajstić information content (AvgIpc) is 3.41.